The van der Waals surface area contributed by atoms with Crippen LogP contribution in [0.1, 0.15) is 12.1 Å². The van der Waals surface area contributed by atoms with Crippen molar-refractivity contribution in [2.24, 2.45) is 0 Å². The molecule has 1 aromatic rings. The van der Waals surface area contributed by atoms with Gasteiger partial charge in [-0.2, -0.15) is 0 Å². The molecule has 18 heavy (non-hydrogen) atoms. The minimum Gasteiger partial charge on any atom is -0.480 e. The van der Waals surface area contributed by atoms with Crippen molar-refractivity contribution in [2.45, 2.75) is 18.9 Å². The van der Waals surface area contributed by atoms with E-state index in [-0.39, 0.29) is 0 Å². The van der Waals surface area contributed by atoms with Gasteiger partial charge in [0.05, 0.1) is 0 Å². The highest BCUT2D eigenvalue weighted by molar-refractivity contribution is 5.73. The predicted octanol–water partition coefficient (Wildman–Crippen LogP) is 0.373. The summed E-state index contributed by atoms with van der Waals surface area (Å²) in [5.74, 6) is -0.729. The number of nitrogens with zero attached hydrogens (tertiary/aromatic N) is 2. The fraction of sp³-hybridized carbons (Fsp3) is 0.538. The number of piperazine rings is 1. The number of rotatable bonds is 5. The van der Waals surface area contributed by atoms with E-state index in [0.29, 0.717) is 12.8 Å². The third kappa shape index (κ3) is 3.51. The van der Waals surface area contributed by atoms with E-state index in [1.165, 1.54) is 0 Å². The summed E-state index contributed by atoms with van der Waals surface area (Å²) in [5, 5.41) is 12.6. The van der Waals surface area contributed by atoms with Crippen LogP contribution >= 0.6 is 0 Å². The summed E-state index contributed by atoms with van der Waals surface area (Å²) in [4.78, 5) is 17.6. The molecule has 0 amide bonds. The number of hydrogen-bond donors (Lipinski definition) is 2. The molecule has 0 radical (unpaired) electrons. The van der Waals surface area contributed by atoms with Crippen molar-refractivity contribution in [2.75, 3.05) is 26.2 Å². The van der Waals surface area contributed by atoms with Crippen LogP contribution in [0.5, 0.6) is 0 Å². The zero-order valence-electron chi connectivity index (χ0n) is 10.4. The molecule has 0 aromatic carbocycles. The Kier molecular flexibility index (Phi) is 4.66. The van der Waals surface area contributed by atoms with Crippen LogP contribution in [0.3, 0.4) is 0 Å². The lowest BCUT2D eigenvalue weighted by atomic mass is 10.1. The van der Waals surface area contributed by atoms with Crippen molar-refractivity contribution in [1.29, 1.82) is 0 Å². The Morgan fingerprint density at radius 1 is 1.44 bits per heavy atom. The second kappa shape index (κ2) is 6.47. The van der Waals surface area contributed by atoms with E-state index < -0.39 is 12.0 Å². The molecule has 2 heterocycles. The Bertz CT molecular complexity index is 377. The number of carboxylic acids is 1. The van der Waals surface area contributed by atoms with Gasteiger partial charge in [-0.3, -0.25) is 14.7 Å². The Hall–Kier alpha value is -1.46. The molecule has 1 unspecified atom stereocenters. The van der Waals surface area contributed by atoms with Crippen LogP contribution in [-0.2, 0) is 11.2 Å². The standard InChI is InChI=1S/C13H19N3O2/c17-13(18)12(16-9-7-14-8-10-16)5-4-11-3-1-2-6-15-11/h1-3,6,12,14H,4-5,7-10H2,(H,17,18). The molecule has 1 aliphatic rings. The first-order chi connectivity index (χ1) is 8.77. The van der Waals surface area contributed by atoms with Crippen LogP contribution in [0.15, 0.2) is 24.4 Å². The van der Waals surface area contributed by atoms with E-state index in [1.54, 1.807) is 6.20 Å². The average Bonchev–Trinajstić information content (AvgIpc) is 2.41. The van der Waals surface area contributed by atoms with Crippen LogP contribution in [0.2, 0.25) is 0 Å². The lowest BCUT2D eigenvalue weighted by molar-refractivity contribution is -0.143. The molecule has 98 valence electrons. The second-order valence-electron chi connectivity index (χ2n) is 4.50. The minimum absolute atomic E-state index is 0.394. The third-order valence-corrected chi connectivity index (χ3v) is 3.28. The van der Waals surface area contributed by atoms with Gasteiger partial charge in [-0.1, -0.05) is 6.07 Å². The average molecular weight is 249 g/mol. The van der Waals surface area contributed by atoms with E-state index >= 15 is 0 Å². The number of carboxylic acid groups (broad SMARTS) is 1. The van der Waals surface area contributed by atoms with Gasteiger partial charge < -0.3 is 10.4 Å². The molecular formula is C13H19N3O2. The van der Waals surface area contributed by atoms with Gasteiger partial charge in [-0.15, -0.1) is 0 Å². The maximum atomic E-state index is 11.3. The largest absolute Gasteiger partial charge is 0.480 e. The number of carbonyl (C=O) groups is 1. The first-order valence-corrected chi connectivity index (χ1v) is 6.35. The quantitative estimate of drug-likeness (QED) is 0.789. The fourth-order valence-corrected chi connectivity index (χ4v) is 2.29. The van der Waals surface area contributed by atoms with E-state index in [4.69, 9.17) is 0 Å². The molecule has 1 aliphatic heterocycles. The van der Waals surface area contributed by atoms with Gasteiger partial charge in [0.2, 0.25) is 0 Å². The molecule has 2 rings (SSSR count). The van der Waals surface area contributed by atoms with Gasteiger partial charge in [0.1, 0.15) is 6.04 Å². The topological polar surface area (TPSA) is 65.5 Å². The van der Waals surface area contributed by atoms with Crippen LogP contribution < -0.4 is 5.32 Å². The summed E-state index contributed by atoms with van der Waals surface area (Å²) in [7, 11) is 0. The maximum absolute atomic E-state index is 11.3. The number of aromatic nitrogens is 1. The van der Waals surface area contributed by atoms with E-state index in [1.807, 2.05) is 23.1 Å². The van der Waals surface area contributed by atoms with Crippen LogP contribution in [0.4, 0.5) is 0 Å². The van der Waals surface area contributed by atoms with Crippen molar-refractivity contribution in [3.63, 3.8) is 0 Å². The molecule has 0 aliphatic carbocycles. The monoisotopic (exact) mass is 249 g/mol. The van der Waals surface area contributed by atoms with Gasteiger partial charge in [-0.25, -0.2) is 0 Å². The smallest absolute Gasteiger partial charge is 0.320 e. The minimum atomic E-state index is -0.729. The second-order valence-corrected chi connectivity index (χ2v) is 4.50. The predicted molar refractivity (Wildman–Crippen MR) is 68.4 cm³/mol. The first kappa shape index (κ1) is 13.0. The molecule has 1 aromatic heterocycles. The van der Waals surface area contributed by atoms with Gasteiger partial charge in [0.15, 0.2) is 0 Å². The van der Waals surface area contributed by atoms with Gasteiger partial charge in [0.25, 0.3) is 0 Å². The van der Waals surface area contributed by atoms with Gasteiger partial charge in [0, 0.05) is 38.1 Å². The lowest BCUT2D eigenvalue weighted by Gasteiger charge is -2.32. The SMILES string of the molecule is O=C(O)C(CCc1ccccn1)N1CCNCC1. The van der Waals surface area contributed by atoms with E-state index in [0.717, 1.165) is 31.9 Å². The Morgan fingerprint density at radius 3 is 2.83 bits per heavy atom. The summed E-state index contributed by atoms with van der Waals surface area (Å²) in [6.45, 7) is 3.35. The zero-order chi connectivity index (χ0) is 12.8. The van der Waals surface area contributed by atoms with Crippen molar-refractivity contribution >= 4 is 5.97 Å². The highest BCUT2D eigenvalue weighted by Crippen LogP contribution is 2.10. The fourth-order valence-electron chi connectivity index (χ4n) is 2.29. The highest BCUT2D eigenvalue weighted by Gasteiger charge is 2.26. The number of hydrogen-bond acceptors (Lipinski definition) is 4. The number of nitrogens with one attached hydrogen (secondary N) is 1. The van der Waals surface area contributed by atoms with Gasteiger partial charge >= 0.3 is 5.97 Å². The molecule has 1 atom stereocenters. The highest BCUT2D eigenvalue weighted by atomic mass is 16.4. The molecular weight excluding hydrogens is 230 g/mol. The summed E-state index contributed by atoms with van der Waals surface area (Å²) in [5.41, 5.74) is 0.957. The van der Waals surface area contributed by atoms with Crippen LogP contribution in [0.25, 0.3) is 0 Å². The molecule has 0 bridgehead atoms. The van der Waals surface area contributed by atoms with Crippen molar-refractivity contribution < 1.29 is 9.90 Å². The normalized spacial score (nSPS) is 18.4. The summed E-state index contributed by atoms with van der Waals surface area (Å²) in [6.07, 6.45) is 3.07. The molecule has 2 N–H and O–H groups in total. The van der Waals surface area contributed by atoms with E-state index in [9.17, 15) is 9.90 Å². The summed E-state index contributed by atoms with van der Waals surface area (Å²) >= 11 is 0. The van der Waals surface area contributed by atoms with Crippen LogP contribution in [0, 0.1) is 0 Å². The molecule has 0 spiro atoms. The third-order valence-electron chi connectivity index (χ3n) is 3.28. The number of aryl methyl sites for hydroxylation is 1. The molecule has 5 heteroatoms. The molecule has 5 nitrogen and oxygen atoms in total. The lowest BCUT2D eigenvalue weighted by Crippen LogP contribution is -2.51. The number of pyridine rings is 1. The van der Waals surface area contributed by atoms with Crippen LogP contribution in [-0.4, -0.2) is 53.2 Å². The van der Waals surface area contributed by atoms with Crippen molar-refractivity contribution in [1.82, 2.24) is 15.2 Å². The molecule has 1 saturated heterocycles. The number of aliphatic carboxylic acids is 1. The molecule has 0 saturated carbocycles. The van der Waals surface area contributed by atoms with Crippen molar-refractivity contribution in [3.8, 4) is 0 Å². The zero-order valence-corrected chi connectivity index (χ0v) is 10.4. The Balaban J connectivity index is 1.92. The summed E-state index contributed by atoms with van der Waals surface area (Å²) < 4.78 is 0. The Morgan fingerprint density at radius 2 is 2.22 bits per heavy atom. The molecule has 1 fully saturated rings. The summed E-state index contributed by atoms with van der Waals surface area (Å²) in [6, 6.07) is 5.35. The first-order valence-electron chi connectivity index (χ1n) is 6.35. The van der Waals surface area contributed by atoms with E-state index in [2.05, 4.69) is 10.3 Å². The van der Waals surface area contributed by atoms with Gasteiger partial charge in [-0.05, 0) is 25.0 Å². The Labute approximate surface area is 107 Å². The maximum Gasteiger partial charge on any atom is 0.320 e. The van der Waals surface area contributed by atoms with Crippen molar-refractivity contribution in [3.05, 3.63) is 30.1 Å².